The highest BCUT2D eigenvalue weighted by Crippen LogP contribution is 2.28. The minimum atomic E-state index is -0.433. The predicted molar refractivity (Wildman–Crippen MR) is 66.7 cm³/mol. The fraction of sp³-hybridized carbons (Fsp3) is 0.0833. The Bertz CT molecular complexity index is 738. The monoisotopic (exact) mass is 262 g/mol. The fourth-order valence-electron chi connectivity index (χ4n) is 1.84. The SMILES string of the molecule is Cn1cc(-c2cc(F)c3c(Cl)ncnc3c2)cn1. The molecule has 0 aliphatic rings. The average Bonchev–Trinajstić information content (AvgIpc) is 2.75. The van der Waals surface area contributed by atoms with Crippen LogP contribution in [0.15, 0.2) is 30.9 Å². The van der Waals surface area contributed by atoms with E-state index in [1.54, 1.807) is 24.0 Å². The zero-order valence-electron chi connectivity index (χ0n) is 9.43. The summed E-state index contributed by atoms with van der Waals surface area (Å²) in [6, 6.07) is 3.18. The van der Waals surface area contributed by atoms with E-state index in [-0.39, 0.29) is 10.5 Å². The summed E-state index contributed by atoms with van der Waals surface area (Å²) in [5, 5.41) is 4.42. The maximum absolute atomic E-state index is 14.0. The van der Waals surface area contributed by atoms with Crippen molar-refractivity contribution in [2.45, 2.75) is 0 Å². The molecule has 1 aromatic carbocycles. The Labute approximate surface area is 107 Å². The van der Waals surface area contributed by atoms with E-state index in [0.717, 1.165) is 5.56 Å². The van der Waals surface area contributed by atoms with Gasteiger partial charge in [0, 0.05) is 18.8 Å². The Morgan fingerprint density at radius 1 is 1.22 bits per heavy atom. The molecule has 0 amide bonds. The third-order valence-electron chi connectivity index (χ3n) is 2.68. The second-order valence-electron chi connectivity index (χ2n) is 3.92. The summed E-state index contributed by atoms with van der Waals surface area (Å²) < 4.78 is 15.7. The van der Waals surface area contributed by atoms with Gasteiger partial charge in [-0.15, -0.1) is 0 Å². The Balaban J connectivity index is 2.28. The predicted octanol–water partition coefficient (Wildman–Crippen LogP) is 2.82. The van der Waals surface area contributed by atoms with E-state index in [0.29, 0.717) is 11.1 Å². The van der Waals surface area contributed by atoms with Crippen molar-refractivity contribution in [3.8, 4) is 11.1 Å². The van der Waals surface area contributed by atoms with Gasteiger partial charge in [0.05, 0.1) is 17.1 Å². The van der Waals surface area contributed by atoms with E-state index in [1.165, 1.54) is 12.4 Å². The van der Waals surface area contributed by atoms with Crippen molar-refractivity contribution in [2.24, 2.45) is 7.05 Å². The van der Waals surface area contributed by atoms with Crippen LogP contribution in [0.2, 0.25) is 5.15 Å². The zero-order valence-corrected chi connectivity index (χ0v) is 10.2. The van der Waals surface area contributed by atoms with Crippen molar-refractivity contribution >= 4 is 22.5 Å². The van der Waals surface area contributed by atoms with Crippen molar-refractivity contribution in [3.05, 3.63) is 41.8 Å². The summed E-state index contributed by atoms with van der Waals surface area (Å²) in [5.41, 5.74) is 2.02. The van der Waals surface area contributed by atoms with Gasteiger partial charge in [0.15, 0.2) is 0 Å². The van der Waals surface area contributed by atoms with Crippen LogP contribution in [0.5, 0.6) is 0 Å². The Hall–Kier alpha value is -2.01. The van der Waals surface area contributed by atoms with Crippen LogP contribution in [0.25, 0.3) is 22.0 Å². The quantitative estimate of drug-likeness (QED) is 0.634. The van der Waals surface area contributed by atoms with E-state index in [4.69, 9.17) is 11.6 Å². The van der Waals surface area contributed by atoms with Gasteiger partial charge in [0.25, 0.3) is 0 Å². The molecular formula is C12H8ClFN4. The maximum Gasteiger partial charge on any atom is 0.143 e. The smallest absolute Gasteiger partial charge is 0.143 e. The number of hydrogen-bond donors (Lipinski definition) is 0. The van der Waals surface area contributed by atoms with Crippen LogP contribution in [0.3, 0.4) is 0 Å². The second-order valence-corrected chi connectivity index (χ2v) is 4.28. The molecule has 0 N–H and O–H groups in total. The lowest BCUT2D eigenvalue weighted by molar-refractivity contribution is 0.639. The standard InChI is InChI=1S/C12H8ClFN4/c1-18-5-8(4-17-18)7-2-9(14)11-10(3-7)15-6-16-12(11)13/h2-6H,1H3. The minimum Gasteiger partial charge on any atom is -0.275 e. The number of aryl methyl sites for hydroxylation is 1. The van der Waals surface area contributed by atoms with Gasteiger partial charge in [0.1, 0.15) is 17.3 Å². The molecular weight excluding hydrogens is 255 g/mol. The molecule has 2 aromatic heterocycles. The van der Waals surface area contributed by atoms with Crippen LogP contribution in [-0.2, 0) is 7.05 Å². The largest absolute Gasteiger partial charge is 0.275 e. The van der Waals surface area contributed by atoms with Crippen LogP contribution in [0.1, 0.15) is 0 Å². The topological polar surface area (TPSA) is 43.6 Å². The molecule has 0 saturated carbocycles. The Kier molecular flexibility index (Phi) is 2.48. The summed E-state index contributed by atoms with van der Waals surface area (Å²) in [7, 11) is 1.81. The molecule has 4 nitrogen and oxygen atoms in total. The average molecular weight is 263 g/mol. The van der Waals surface area contributed by atoms with Crippen LogP contribution >= 0.6 is 11.6 Å². The summed E-state index contributed by atoms with van der Waals surface area (Å²) in [6.45, 7) is 0. The molecule has 6 heteroatoms. The third kappa shape index (κ3) is 1.73. The first-order valence-electron chi connectivity index (χ1n) is 5.24. The highest BCUT2D eigenvalue weighted by molar-refractivity contribution is 6.34. The maximum atomic E-state index is 14.0. The number of rotatable bonds is 1. The Morgan fingerprint density at radius 3 is 2.78 bits per heavy atom. The van der Waals surface area contributed by atoms with E-state index in [2.05, 4.69) is 15.1 Å². The number of hydrogen-bond acceptors (Lipinski definition) is 3. The van der Waals surface area contributed by atoms with Crippen LogP contribution in [0, 0.1) is 5.82 Å². The summed E-state index contributed by atoms with van der Waals surface area (Å²) in [6.07, 6.45) is 4.80. The molecule has 0 unspecified atom stereocenters. The van der Waals surface area contributed by atoms with Gasteiger partial charge in [-0.2, -0.15) is 5.10 Å². The minimum absolute atomic E-state index is 0.121. The van der Waals surface area contributed by atoms with E-state index in [1.807, 2.05) is 6.20 Å². The fourth-order valence-corrected chi connectivity index (χ4v) is 2.07. The van der Waals surface area contributed by atoms with Gasteiger partial charge in [-0.1, -0.05) is 11.6 Å². The molecule has 0 spiro atoms. The second kappa shape index (κ2) is 4.03. The number of benzene rings is 1. The highest BCUT2D eigenvalue weighted by Gasteiger charge is 2.11. The van der Waals surface area contributed by atoms with E-state index >= 15 is 0 Å². The number of fused-ring (bicyclic) bond motifs is 1. The molecule has 0 atom stereocenters. The van der Waals surface area contributed by atoms with Gasteiger partial charge in [0.2, 0.25) is 0 Å². The van der Waals surface area contributed by atoms with Gasteiger partial charge in [-0.25, -0.2) is 14.4 Å². The first kappa shape index (κ1) is 11.1. The van der Waals surface area contributed by atoms with Crippen molar-refractivity contribution in [2.75, 3.05) is 0 Å². The molecule has 0 aliphatic carbocycles. The summed E-state index contributed by atoms with van der Waals surface area (Å²) >= 11 is 5.86. The molecule has 2 heterocycles. The van der Waals surface area contributed by atoms with Gasteiger partial charge in [-0.05, 0) is 17.7 Å². The van der Waals surface area contributed by atoms with Crippen molar-refractivity contribution < 1.29 is 4.39 Å². The van der Waals surface area contributed by atoms with Gasteiger partial charge < -0.3 is 0 Å². The summed E-state index contributed by atoms with van der Waals surface area (Å²) in [4.78, 5) is 7.81. The number of nitrogens with zero attached hydrogens (tertiary/aromatic N) is 4. The van der Waals surface area contributed by atoms with Gasteiger partial charge >= 0.3 is 0 Å². The summed E-state index contributed by atoms with van der Waals surface area (Å²) in [5.74, 6) is -0.433. The van der Waals surface area contributed by atoms with E-state index in [9.17, 15) is 4.39 Å². The molecule has 0 bridgehead atoms. The molecule has 0 saturated heterocycles. The molecule has 90 valence electrons. The molecule has 3 aromatic rings. The van der Waals surface area contributed by atoms with Crippen molar-refractivity contribution in [3.63, 3.8) is 0 Å². The van der Waals surface area contributed by atoms with Crippen molar-refractivity contribution in [1.82, 2.24) is 19.7 Å². The Morgan fingerprint density at radius 2 is 2.06 bits per heavy atom. The molecule has 0 fully saturated rings. The first-order valence-corrected chi connectivity index (χ1v) is 5.62. The molecule has 0 radical (unpaired) electrons. The lowest BCUT2D eigenvalue weighted by atomic mass is 10.1. The lowest BCUT2D eigenvalue weighted by Gasteiger charge is -2.03. The first-order chi connectivity index (χ1) is 8.65. The van der Waals surface area contributed by atoms with Gasteiger partial charge in [-0.3, -0.25) is 4.68 Å². The lowest BCUT2D eigenvalue weighted by Crippen LogP contribution is -1.89. The molecule has 3 rings (SSSR count). The molecule has 18 heavy (non-hydrogen) atoms. The van der Waals surface area contributed by atoms with E-state index < -0.39 is 5.82 Å². The highest BCUT2D eigenvalue weighted by atomic mass is 35.5. The number of aromatic nitrogens is 4. The third-order valence-corrected chi connectivity index (χ3v) is 2.97. The zero-order chi connectivity index (χ0) is 12.7. The van der Waals surface area contributed by atoms with Crippen LogP contribution in [-0.4, -0.2) is 19.7 Å². The van der Waals surface area contributed by atoms with Crippen LogP contribution in [0.4, 0.5) is 4.39 Å². The van der Waals surface area contributed by atoms with Crippen LogP contribution < -0.4 is 0 Å². The molecule has 0 aliphatic heterocycles. The number of halogens is 2. The van der Waals surface area contributed by atoms with Crippen molar-refractivity contribution in [1.29, 1.82) is 0 Å². The normalized spacial score (nSPS) is 11.1.